The highest BCUT2D eigenvalue weighted by Gasteiger charge is 2.36. The van der Waals surface area contributed by atoms with E-state index in [1.807, 2.05) is 0 Å². The van der Waals surface area contributed by atoms with Crippen molar-refractivity contribution in [3.8, 4) is 5.75 Å². The smallest absolute Gasteiger partial charge is 0.328 e. The van der Waals surface area contributed by atoms with Crippen LogP contribution in [0.5, 0.6) is 5.75 Å². The standard InChI is InChI=1S/C17H22N2O5/c1-23-13-10-14(20)18-9-5-7-11(18)15(13)16(21)19-8-4-3-6-12(19)17(22)24-2/h10,12H,3-9H2,1-2H3/t12-/m1/s1. The molecule has 1 saturated heterocycles. The van der Waals surface area contributed by atoms with Crippen molar-refractivity contribution in [2.45, 2.75) is 44.7 Å². The summed E-state index contributed by atoms with van der Waals surface area (Å²) >= 11 is 0. The maximum atomic E-state index is 13.2. The van der Waals surface area contributed by atoms with Crippen molar-refractivity contribution in [3.05, 3.63) is 27.7 Å². The molecule has 2 aliphatic heterocycles. The van der Waals surface area contributed by atoms with E-state index in [0.717, 1.165) is 19.3 Å². The van der Waals surface area contributed by atoms with Crippen LogP contribution in [-0.2, 0) is 22.5 Å². The Kier molecular flexibility index (Phi) is 4.59. The van der Waals surface area contributed by atoms with E-state index < -0.39 is 12.0 Å². The van der Waals surface area contributed by atoms with Gasteiger partial charge in [-0.1, -0.05) is 0 Å². The number of esters is 1. The number of ether oxygens (including phenoxy) is 2. The molecule has 7 heteroatoms. The van der Waals surface area contributed by atoms with Gasteiger partial charge >= 0.3 is 5.97 Å². The van der Waals surface area contributed by atoms with Gasteiger partial charge in [0.05, 0.1) is 14.2 Å². The van der Waals surface area contributed by atoms with Crippen LogP contribution in [0.2, 0.25) is 0 Å². The molecule has 0 unspecified atom stereocenters. The van der Waals surface area contributed by atoms with E-state index in [2.05, 4.69) is 0 Å². The van der Waals surface area contributed by atoms with Gasteiger partial charge in [-0.3, -0.25) is 9.59 Å². The van der Waals surface area contributed by atoms with Gasteiger partial charge in [0.2, 0.25) is 0 Å². The van der Waals surface area contributed by atoms with Gasteiger partial charge in [0, 0.05) is 24.8 Å². The SMILES string of the molecule is COC(=O)[C@H]1CCCCN1C(=O)c1c(OC)cc(=O)n2c1CCC2. The van der Waals surface area contributed by atoms with Crippen LogP contribution in [0.3, 0.4) is 0 Å². The van der Waals surface area contributed by atoms with E-state index in [0.29, 0.717) is 37.2 Å². The first kappa shape index (κ1) is 16.5. The summed E-state index contributed by atoms with van der Waals surface area (Å²) < 4.78 is 11.8. The molecule has 0 radical (unpaired) electrons. The van der Waals surface area contributed by atoms with Crippen LogP contribution in [0.15, 0.2) is 10.9 Å². The van der Waals surface area contributed by atoms with Gasteiger partial charge in [-0.2, -0.15) is 0 Å². The predicted molar refractivity (Wildman–Crippen MR) is 86.3 cm³/mol. The van der Waals surface area contributed by atoms with E-state index in [4.69, 9.17) is 9.47 Å². The molecule has 3 rings (SSSR count). The highest BCUT2D eigenvalue weighted by atomic mass is 16.5. The molecular weight excluding hydrogens is 312 g/mol. The Morgan fingerprint density at radius 2 is 1.96 bits per heavy atom. The molecule has 0 bridgehead atoms. The lowest BCUT2D eigenvalue weighted by Crippen LogP contribution is -2.49. The van der Waals surface area contributed by atoms with Crippen LogP contribution >= 0.6 is 0 Å². The minimum Gasteiger partial charge on any atom is -0.496 e. The molecule has 0 saturated carbocycles. The lowest BCUT2D eigenvalue weighted by molar-refractivity contribution is -0.147. The fourth-order valence-electron chi connectivity index (χ4n) is 3.67. The Balaban J connectivity index is 2.05. The number of carbonyl (C=O) groups excluding carboxylic acids is 2. The van der Waals surface area contributed by atoms with Crippen molar-refractivity contribution < 1.29 is 19.1 Å². The minimum atomic E-state index is -0.574. The third-order valence-electron chi connectivity index (χ3n) is 4.85. The third kappa shape index (κ3) is 2.68. The minimum absolute atomic E-state index is 0.154. The average Bonchev–Trinajstić information content (AvgIpc) is 3.10. The Morgan fingerprint density at radius 1 is 1.17 bits per heavy atom. The Labute approximate surface area is 140 Å². The van der Waals surface area contributed by atoms with Crippen molar-refractivity contribution >= 4 is 11.9 Å². The van der Waals surface area contributed by atoms with Gasteiger partial charge in [0.25, 0.3) is 11.5 Å². The third-order valence-corrected chi connectivity index (χ3v) is 4.85. The second kappa shape index (κ2) is 6.67. The molecule has 7 nitrogen and oxygen atoms in total. The fraction of sp³-hybridized carbons (Fsp3) is 0.588. The molecule has 0 aliphatic carbocycles. The van der Waals surface area contributed by atoms with E-state index in [1.54, 1.807) is 9.47 Å². The number of piperidine rings is 1. The lowest BCUT2D eigenvalue weighted by atomic mass is 9.99. The van der Waals surface area contributed by atoms with E-state index >= 15 is 0 Å². The van der Waals surface area contributed by atoms with Gasteiger partial charge in [0.15, 0.2) is 0 Å². The fourth-order valence-corrected chi connectivity index (χ4v) is 3.67. The number of rotatable bonds is 3. The zero-order valence-electron chi connectivity index (χ0n) is 14.0. The number of amides is 1. The van der Waals surface area contributed by atoms with Gasteiger partial charge in [-0.15, -0.1) is 0 Å². The number of hydrogen-bond acceptors (Lipinski definition) is 5. The molecule has 2 aliphatic rings. The highest BCUT2D eigenvalue weighted by molar-refractivity contribution is 6.00. The number of nitrogens with zero attached hydrogens (tertiary/aromatic N) is 2. The number of likely N-dealkylation sites (tertiary alicyclic amines) is 1. The van der Waals surface area contributed by atoms with Gasteiger partial charge in [-0.05, 0) is 32.1 Å². The Bertz CT molecular complexity index is 724. The molecule has 1 aromatic heterocycles. The van der Waals surface area contributed by atoms with Crippen LogP contribution < -0.4 is 10.3 Å². The first-order valence-electron chi connectivity index (χ1n) is 8.28. The van der Waals surface area contributed by atoms with E-state index in [9.17, 15) is 14.4 Å². The molecule has 0 N–H and O–H groups in total. The number of methoxy groups -OCH3 is 2. The molecular formula is C17H22N2O5. The number of hydrogen-bond donors (Lipinski definition) is 0. The molecule has 0 aromatic carbocycles. The summed E-state index contributed by atoms with van der Waals surface area (Å²) in [7, 11) is 2.78. The molecule has 1 aromatic rings. The number of fused-ring (bicyclic) bond motifs is 1. The van der Waals surface area contributed by atoms with Crippen molar-refractivity contribution in [2.24, 2.45) is 0 Å². The van der Waals surface area contributed by atoms with Crippen LogP contribution in [-0.4, -0.2) is 48.1 Å². The second-order valence-electron chi connectivity index (χ2n) is 6.16. The first-order chi connectivity index (χ1) is 11.6. The van der Waals surface area contributed by atoms with E-state index in [1.165, 1.54) is 20.3 Å². The molecule has 1 amide bonds. The van der Waals surface area contributed by atoms with Crippen molar-refractivity contribution in [3.63, 3.8) is 0 Å². The van der Waals surface area contributed by atoms with Crippen LogP contribution in [0, 0.1) is 0 Å². The molecule has 0 spiro atoms. The molecule has 3 heterocycles. The number of aromatic nitrogens is 1. The zero-order valence-corrected chi connectivity index (χ0v) is 14.0. The Morgan fingerprint density at radius 3 is 2.67 bits per heavy atom. The van der Waals surface area contributed by atoms with Gasteiger partial charge < -0.3 is 18.9 Å². The highest BCUT2D eigenvalue weighted by Crippen LogP contribution is 2.29. The number of pyridine rings is 1. The largest absolute Gasteiger partial charge is 0.496 e. The summed E-state index contributed by atoms with van der Waals surface area (Å²) in [6.07, 6.45) is 3.80. The quantitative estimate of drug-likeness (QED) is 0.770. The summed E-state index contributed by atoms with van der Waals surface area (Å²) in [6, 6.07) is 0.786. The summed E-state index contributed by atoms with van der Waals surface area (Å²) in [5, 5.41) is 0. The van der Waals surface area contributed by atoms with E-state index in [-0.39, 0.29) is 17.2 Å². The van der Waals surface area contributed by atoms with Crippen LogP contribution in [0.25, 0.3) is 0 Å². The summed E-state index contributed by atoms with van der Waals surface area (Å²) in [6.45, 7) is 1.11. The maximum Gasteiger partial charge on any atom is 0.328 e. The Hall–Kier alpha value is -2.31. The monoisotopic (exact) mass is 334 g/mol. The summed E-state index contributed by atoms with van der Waals surface area (Å²) in [4.78, 5) is 39.0. The summed E-state index contributed by atoms with van der Waals surface area (Å²) in [5.41, 5.74) is 0.961. The number of carbonyl (C=O) groups is 2. The van der Waals surface area contributed by atoms with Crippen LogP contribution in [0.1, 0.15) is 41.7 Å². The van der Waals surface area contributed by atoms with Crippen molar-refractivity contribution in [1.29, 1.82) is 0 Å². The zero-order chi connectivity index (χ0) is 17.3. The van der Waals surface area contributed by atoms with Crippen molar-refractivity contribution in [1.82, 2.24) is 9.47 Å². The maximum absolute atomic E-state index is 13.2. The molecule has 1 fully saturated rings. The predicted octanol–water partition coefficient (Wildman–Crippen LogP) is 0.971. The molecule has 1 atom stereocenters. The van der Waals surface area contributed by atoms with Crippen LogP contribution in [0.4, 0.5) is 0 Å². The first-order valence-corrected chi connectivity index (χ1v) is 8.28. The van der Waals surface area contributed by atoms with Crippen molar-refractivity contribution in [2.75, 3.05) is 20.8 Å². The van der Waals surface area contributed by atoms with Gasteiger partial charge in [-0.25, -0.2) is 4.79 Å². The second-order valence-corrected chi connectivity index (χ2v) is 6.16. The van der Waals surface area contributed by atoms with Gasteiger partial charge in [0.1, 0.15) is 17.4 Å². The topological polar surface area (TPSA) is 77.8 Å². The average molecular weight is 334 g/mol. The summed E-state index contributed by atoms with van der Waals surface area (Å²) in [5.74, 6) is -0.369. The molecule has 130 valence electrons. The normalized spacial score (nSPS) is 19.8. The lowest BCUT2D eigenvalue weighted by Gasteiger charge is -2.34. The molecule has 24 heavy (non-hydrogen) atoms.